The highest BCUT2D eigenvalue weighted by Gasteiger charge is 2.06. The summed E-state index contributed by atoms with van der Waals surface area (Å²) in [6.45, 7) is 0. The number of nitrogen functional groups attached to an aromatic ring is 1. The molecular weight excluding hydrogens is 280 g/mol. The molecule has 0 fully saturated rings. The second kappa shape index (κ2) is 5.97. The molecule has 3 aromatic rings. The molecule has 0 radical (unpaired) electrons. The Hall–Kier alpha value is -2.33. The fourth-order valence-electron chi connectivity index (χ4n) is 2.10. The van der Waals surface area contributed by atoms with Crippen molar-refractivity contribution in [2.45, 2.75) is 6.42 Å². The second-order valence-electron chi connectivity index (χ2n) is 4.77. The molecular formula is C17H16N2OS. The van der Waals surface area contributed by atoms with Crippen LogP contribution in [0.15, 0.2) is 53.9 Å². The van der Waals surface area contributed by atoms with Crippen molar-refractivity contribution in [2.24, 2.45) is 0 Å². The maximum Gasteiger partial charge on any atom is 0.118 e. The molecule has 106 valence electrons. The number of hydrogen-bond donors (Lipinski definition) is 1. The Morgan fingerprint density at radius 2 is 1.76 bits per heavy atom. The summed E-state index contributed by atoms with van der Waals surface area (Å²) < 4.78 is 5.17. The summed E-state index contributed by atoms with van der Waals surface area (Å²) in [5.74, 6) is 0.857. The van der Waals surface area contributed by atoms with E-state index in [4.69, 9.17) is 15.5 Å². The molecule has 2 N–H and O–H groups in total. The Balaban J connectivity index is 1.77. The first-order valence-corrected chi connectivity index (χ1v) is 7.56. The van der Waals surface area contributed by atoms with Crippen LogP contribution in [0.5, 0.6) is 5.75 Å². The highest BCUT2D eigenvalue weighted by atomic mass is 32.1. The van der Waals surface area contributed by atoms with Crippen molar-refractivity contribution >= 4 is 17.0 Å². The zero-order valence-corrected chi connectivity index (χ0v) is 12.6. The average Bonchev–Trinajstić information content (AvgIpc) is 2.98. The van der Waals surface area contributed by atoms with Gasteiger partial charge in [0.05, 0.1) is 17.8 Å². The number of nitrogens with zero attached hydrogens (tertiary/aromatic N) is 1. The van der Waals surface area contributed by atoms with E-state index in [0.29, 0.717) is 0 Å². The van der Waals surface area contributed by atoms with Crippen molar-refractivity contribution in [1.82, 2.24) is 4.98 Å². The van der Waals surface area contributed by atoms with E-state index in [9.17, 15) is 0 Å². The van der Waals surface area contributed by atoms with Crippen LogP contribution in [0.1, 0.15) is 10.6 Å². The fourth-order valence-corrected chi connectivity index (χ4v) is 2.93. The molecule has 0 aliphatic heterocycles. The molecule has 0 amide bonds. The van der Waals surface area contributed by atoms with E-state index in [1.165, 1.54) is 5.56 Å². The van der Waals surface area contributed by atoms with Crippen molar-refractivity contribution in [1.29, 1.82) is 0 Å². The van der Waals surface area contributed by atoms with Crippen molar-refractivity contribution < 1.29 is 4.74 Å². The van der Waals surface area contributed by atoms with E-state index in [0.717, 1.165) is 34.1 Å². The summed E-state index contributed by atoms with van der Waals surface area (Å²) in [5, 5.41) is 3.19. The number of nitrogens with two attached hydrogens (primary N) is 1. The molecule has 21 heavy (non-hydrogen) atoms. The number of ether oxygens (including phenoxy) is 1. The van der Waals surface area contributed by atoms with Gasteiger partial charge in [0, 0.05) is 23.1 Å². The lowest BCUT2D eigenvalue weighted by molar-refractivity contribution is 0.415. The summed E-state index contributed by atoms with van der Waals surface area (Å²) in [6.07, 6.45) is 0.834. The molecule has 2 aromatic carbocycles. The smallest absolute Gasteiger partial charge is 0.118 e. The summed E-state index contributed by atoms with van der Waals surface area (Å²) in [7, 11) is 1.67. The molecule has 3 nitrogen and oxygen atoms in total. The Kier molecular flexibility index (Phi) is 3.88. The third kappa shape index (κ3) is 3.23. The molecule has 1 heterocycles. The highest BCUT2D eigenvalue weighted by Crippen LogP contribution is 2.25. The predicted octanol–water partition coefficient (Wildman–Crippen LogP) is 3.99. The van der Waals surface area contributed by atoms with E-state index in [1.807, 2.05) is 48.5 Å². The summed E-state index contributed by atoms with van der Waals surface area (Å²) in [6, 6.07) is 15.9. The predicted molar refractivity (Wildman–Crippen MR) is 87.8 cm³/mol. The first-order chi connectivity index (χ1) is 10.2. The van der Waals surface area contributed by atoms with Crippen LogP contribution in [0, 0.1) is 0 Å². The van der Waals surface area contributed by atoms with Gasteiger partial charge in [-0.3, -0.25) is 0 Å². The van der Waals surface area contributed by atoms with Gasteiger partial charge >= 0.3 is 0 Å². The van der Waals surface area contributed by atoms with Gasteiger partial charge in [-0.15, -0.1) is 11.3 Å². The third-order valence-electron chi connectivity index (χ3n) is 3.27. The molecule has 0 atom stereocenters. The van der Waals surface area contributed by atoms with Crippen LogP contribution < -0.4 is 10.5 Å². The number of hydrogen-bond acceptors (Lipinski definition) is 4. The lowest BCUT2D eigenvalue weighted by Crippen LogP contribution is -1.89. The lowest BCUT2D eigenvalue weighted by Gasteiger charge is -2.01. The molecule has 0 spiro atoms. The second-order valence-corrected chi connectivity index (χ2v) is 5.72. The third-order valence-corrected chi connectivity index (χ3v) is 4.12. The van der Waals surface area contributed by atoms with E-state index >= 15 is 0 Å². The number of methoxy groups -OCH3 is 1. The van der Waals surface area contributed by atoms with E-state index < -0.39 is 0 Å². The Morgan fingerprint density at radius 1 is 1.05 bits per heavy atom. The summed E-state index contributed by atoms with van der Waals surface area (Å²) in [4.78, 5) is 4.70. The quantitative estimate of drug-likeness (QED) is 0.740. The molecule has 4 heteroatoms. The standard InChI is InChI=1S/C17H16N2OS/c1-20-15-8-4-13(5-9-15)16-11-21-17(19-16)10-12-2-6-14(18)7-3-12/h2-9,11H,10,18H2,1H3. The van der Waals surface area contributed by atoms with Gasteiger partial charge in [0.15, 0.2) is 0 Å². The molecule has 0 unspecified atom stereocenters. The maximum absolute atomic E-state index is 5.70. The van der Waals surface area contributed by atoms with Crippen molar-refractivity contribution in [3.8, 4) is 17.0 Å². The van der Waals surface area contributed by atoms with Gasteiger partial charge in [0.25, 0.3) is 0 Å². The van der Waals surface area contributed by atoms with Gasteiger partial charge < -0.3 is 10.5 Å². The number of anilines is 1. The van der Waals surface area contributed by atoms with E-state index in [2.05, 4.69) is 5.38 Å². The van der Waals surface area contributed by atoms with Crippen LogP contribution in [0.4, 0.5) is 5.69 Å². The van der Waals surface area contributed by atoms with Gasteiger partial charge in [0.1, 0.15) is 5.75 Å². The SMILES string of the molecule is COc1ccc(-c2csc(Cc3ccc(N)cc3)n2)cc1. The maximum atomic E-state index is 5.70. The molecule has 1 aromatic heterocycles. The number of aromatic nitrogens is 1. The van der Waals surface area contributed by atoms with Gasteiger partial charge in [-0.1, -0.05) is 12.1 Å². The zero-order valence-electron chi connectivity index (χ0n) is 11.7. The van der Waals surface area contributed by atoms with E-state index in [1.54, 1.807) is 18.4 Å². The first-order valence-electron chi connectivity index (χ1n) is 6.68. The van der Waals surface area contributed by atoms with E-state index in [-0.39, 0.29) is 0 Å². The molecule has 0 bridgehead atoms. The highest BCUT2D eigenvalue weighted by molar-refractivity contribution is 7.10. The monoisotopic (exact) mass is 296 g/mol. The van der Waals surface area contributed by atoms with Crippen LogP contribution in [-0.4, -0.2) is 12.1 Å². The van der Waals surface area contributed by atoms with Crippen LogP contribution in [-0.2, 0) is 6.42 Å². The topological polar surface area (TPSA) is 48.1 Å². The van der Waals surface area contributed by atoms with Crippen molar-refractivity contribution in [3.05, 3.63) is 64.5 Å². The zero-order chi connectivity index (χ0) is 14.7. The number of rotatable bonds is 4. The normalized spacial score (nSPS) is 10.5. The molecule has 0 aliphatic rings. The van der Waals surface area contributed by atoms with Crippen LogP contribution in [0.25, 0.3) is 11.3 Å². The minimum absolute atomic E-state index is 0.789. The largest absolute Gasteiger partial charge is 0.497 e. The lowest BCUT2D eigenvalue weighted by atomic mass is 10.1. The Labute approximate surface area is 128 Å². The van der Waals surface area contributed by atoms with Gasteiger partial charge in [-0.2, -0.15) is 0 Å². The Morgan fingerprint density at radius 3 is 2.43 bits per heavy atom. The summed E-state index contributed by atoms with van der Waals surface area (Å²) >= 11 is 1.68. The van der Waals surface area contributed by atoms with Crippen LogP contribution in [0.2, 0.25) is 0 Å². The molecule has 0 saturated carbocycles. The van der Waals surface area contributed by atoms with Crippen molar-refractivity contribution in [2.75, 3.05) is 12.8 Å². The molecule has 3 rings (SSSR count). The number of thiazole rings is 1. The van der Waals surface area contributed by atoms with Crippen LogP contribution >= 0.6 is 11.3 Å². The van der Waals surface area contributed by atoms with Gasteiger partial charge in [-0.25, -0.2) is 4.98 Å². The fraction of sp³-hybridized carbons (Fsp3) is 0.118. The first kappa shape index (κ1) is 13.6. The van der Waals surface area contributed by atoms with Crippen molar-refractivity contribution in [3.63, 3.8) is 0 Å². The minimum Gasteiger partial charge on any atom is -0.497 e. The Bertz CT molecular complexity index is 717. The van der Waals surface area contributed by atoms with Gasteiger partial charge in [0.2, 0.25) is 0 Å². The summed E-state index contributed by atoms with van der Waals surface area (Å²) in [5.41, 5.74) is 9.83. The van der Waals surface area contributed by atoms with Crippen LogP contribution in [0.3, 0.4) is 0 Å². The molecule has 0 saturated heterocycles. The minimum atomic E-state index is 0.789. The molecule has 0 aliphatic carbocycles. The number of benzene rings is 2. The average molecular weight is 296 g/mol. The van der Waals surface area contributed by atoms with Gasteiger partial charge in [-0.05, 0) is 42.0 Å².